The average Bonchev–Trinajstić information content (AvgIpc) is 3.04. The van der Waals surface area contributed by atoms with Gasteiger partial charge in [-0.3, -0.25) is 9.69 Å². The molecule has 0 unspecified atom stereocenters. The van der Waals surface area contributed by atoms with E-state index in [1.807, 2.05) is 4.90 Å². The van der Waals surface area contributed by atoms with E-state index < -0.39 is 5.97 Å². The van der Waals surface area contributed by atoms with Crippen LogP contribution < -0.4 is 5.32 Å². The summed E-state index contributed by atoms with van der Waals surface area (Å²) in [6.07, 6.45) is 5.10. The largest absolute Gasteiger partial charge is 0.480 e. The van der Waals surface area contributed by atoms with Gasteiger partial charge in [0.1, 0.15) is 0 Å². The minimum atomic E-state index is -0.703. The molecule has 1 aliphatic heterocycles. The van der Waals surface area contributed by atoms with Gasteiger partial charge in [0.15, 0.2) is 0 Å². The van der Waals surface area contributed by atoms with Crippen molar-refractivity contribution in [1.29, 1.82) is 0 Å². The van der Waals surface area contributed by atoms with E-state index in [9.17, 15) is 4.79 Å². The Morgan fingerprint density at radius 3 is 2.19 bits per heavy atom. The molecular formula is C12H22N2O2. The van der Waals surface area contributed by atoms with E-state index in [1.165, 1.54) is 19.4 Å². The van der Waals surface area contributed by atoms with Gasteiger partial charge in [-0.2, -0.15) is 0 Å². The first-order valence-electron chi connectivity index (χ1n) is 6.39. The monoisotopic (exact) mass is 226 g/mol. The molecule has 1 saturated heterocycles. The molecule has 0 spiro atoms. The maximum atomic E-state index is 10.5. The minimum absolute atomic E-state index is 0.211. The van der Waals surface area contributed by atoms with Crippen molar-refractivity contribution in [3.63, 3.8) is 0 Å². The van der Waals surface area contributed by atoms with Crippen molar-refractivity contribution in [3.8, 4) is 0 Å². The quantitative estimate of drug-likeness (QED) is 0.703. The van der Waals surface area contributed by atoms with Crippen molar-refractivity contribution in [2.75, 3.05) is 32.7 Å². The summed E-state index contributed by atoms with van der Waals surface area (Å²) in [5, 5.41) is 12.2. The van der Waals surface area contributed by atoms with Gasteiger partial charge in [0, 0.05) is 0 Å². The summed E-state index contributed by atoms with van der Waals surface area (Å²) in [4.78, 5) is 12.6. The molecule has 0 radical (unpaired) electrons. The molecule has 0 aromatic rings. The average molecular weight is 226 g/mol. The predicted molar refractivity (Wildman–Crippen MR) is 62.4 cm³/mol. The number of aliphatic carboxylic acids is 1. The third kappa shape index (κ3) is 4.10. The van der Waals surface area contributed by atoms with Gasteiger partial charge in [0.05, 0.1) is 6.54 Å². The lowest BCUT2D eigenvalue weighted by molar-refractivity contribution is -0.138. The molecule has 0 aromatic carbocycles. The molecule has 1 heterocycles. The van der Waals surface area contributed by atoms with Crippen LogP contribution in [-0.4, -0.2) is 48.7 Å². The first-order chi connectivity index (χ1) is 7.74. The lowest BCUT2D eigenvalue weighted by Gasteiger charge is -2.30. The van der Waals surface area contributed by atoms with E-state index >= 15 is 0 Å². The second-order valence-electron chi connectivity index (χ2n) is 5.21. The molecule has 1 saturated carbocycles. The fourth-order valence-electron chi connectivity index (χ4n) is 2.35. The standard InChI is InChI=1S/C12H22N2O2/c15-12(16)9-14-5-3-11(4-6-14)8-13-7-10-1-2-10/h10-11,13H,1-9H2,(H,15,16). The molecule has 0 amide bonds. The number of rotatable bonds is 6. The van der Waals surface area contributed by atoms with Crippen LogP contribution in [0.1, 0.15) is 25.7 Å². The molecular weight excluding hydrogens is 204 g/mol. The summed E-state index contributed by atoms with van der Waals surface area (Å²) in [6.45, 7) is 4.42. The lowest BCUT2D eigenvalue weighted by Crippen LogP contribution is -2.40. The molecule has 0 bridgehead atoms. The zero-order chi connectivity index (χ0) is 11.4. The zero-order valence-electron chi connectivity index (χ0n) is 9.82. The molecule has 2 aliphatic rings. The lowest BCUT2D eigenvalue weighted by atomic mass is 9.97. The van der Waals surface area contributed by atoms with E-state index in [4.69, 9.17) is 5.11 Å². The summed E-state index contributed by atoms with van der Waals surface area (Å²) in [5.41, 5.74) is 0. The van der Waals surface area contributed by atoms with Gasteiger partial charge in [-0.15, -0.1) is 0 Å². The molecule has 0 aromatic heterocycles. The molecule has 2 rings (SSSR count). The SMILES string of the molecule is O=C(O)CN1CCC(CNCC2CC2)CC1. The number of carboxylic acid groups (broad SMARTS) is 1. The van der Waals surface area contributed by atoms with Gasteiger partial charge >= 0.3 is 5.97 Å². The highest BCUT2D eigenvalue weighted by Gasteiger charge is 2.23. The Morgan fingerprint density at radius 1 is 1.12 bits per heavy atom. The number of nitrogens with one attached hydrogen (secondary N) is 1. The summed E-state index contributed by atoms with van der Waals surface area (Å²) in [7, 11) is 0. The maximum absolute atomic E-state index is 10.5. The zero-order valence-corrected chi connectivity index (χ0v) is 9.82. The smallest absolute Gasteiger partial charge is 0.317 e. The van der Waals surface area contributed by atoms with Gasteiger partial charge in [0.25, 0.3) is 0 Å². The first-order valence-corrected chi connectivity index (χ1v) is 6.39. The minimum Gasteiger partial charge on any atom is -0.480 e. The Kier molecular flexibility index (Phi) is 4.18. The van der Waals surface area contributed by atoms with Gasteiger partial charge in [-0.05, 0) is 63.7 Å². The van der Waals surface area contributed by atoms with Crippen molar-refractivity contribution in [2.45, 2.75) is 25.7 Å². The molecule has 0 atom stereocenters. The Labute approximate surface area is 97.0 Å². The van der Waals surface area contributed by atoms with Gasteiger partial charge < -0.3 is 10.4 Å². The number of hydrogen-bond acceptors (Lipinski definition) is 3. The highest BCUT2D eigenvalue weighted by Crippen LogP contribution is 2.27. The Bertz CT molecular complexity index is 233. The van der Waals surface area contributed by atoms with E-state index in [0.717, 1.165) is 44.3 Å². The van der Waals surface area contributed by atoms with Gasteiger partial charge in [0.2, 0.25) is 0 Å². The van der Waals surface area contributed by atoms with Gasteiger partial charge in [-0.1, -0.05) is 0 Å². The van der Waals surface area contributed by atoms with Crippen molar-refractivity contribution in [3.05, 3.63) is 0 Å². The molecule has 2 N–H and O–H groups in total. The van der Waals surface area contributed by atoms with Crippen LogP contribution in [0.4, 0.5) is 0 Å². The number of carbonyl (C=O) groups is 1. The van der Waals surface area contributed by atoms with Crippen LogP contribution in [0.15, 0.2) is 0 Å². The molecule has 4 nitrogen and oxygen atoms in total. The van der Waals surface area contributed by atoms with Gasteiger partial charge in [-0.25, -0.2) is 0 Å². The summed E-state index contributed by atoms with van der Waals surface area (Å²) < 4.78 is 0. The highest BCUT2D eigenvalue weighted by molar-refractivity contribution is 5.69. The highest BCUT2D eigenvalue weighted by atomic mass is 16.4. The second kappa shape index (κ2) is 5.64. The van der Waals surface area contributed by atoms with E-state index in [2.05, 4.69) is 5.32 Å². The Balaban J connectivity index is 1.55. The van der Waals surface area contributed by atoms with E-state index in [0.29, 0.717) is 0 Å². The first kappa shape index (κ1) is 11.9. The number of piperidine rings is 1. The van der Waals surface area contributed by atoms with Crippen molar-refractivity contribution < 1.29 is 9.90 Å². The second-order valence-corrected chi connectivity index (χ2v) is 5.21. The number of nitrogens with zero attached hydrogens (tertiary/aromatic N) is 1. The van der Waals surface area contributed by atoms with Crippen molar-refractivity contribution in [1.82, 2.24) is 10.2 Å². The van der Waals surface area contributed by atoms with Crippen LogP contribution >= 0.6 is 0 Å². The summed E-state index contributed by atoms with van der Waals surface area (Å²) in [5.74, 6) is 1.00. The van der Waals surface area contributed by atoms with Crippen molar-refractivity contribution in [2.24, 2.45) is 11.8 Å². The number of carboxylic acids is 1. The molecule has 92 valence electrons. The maximum Gasteiger partial charge on any atom is 0.317 e. The molecule has 1 aliphatic carbocycles. The summed E-state index contributed by atoms with van der Waals surface area (Å²) in [6, 6.07) is 0. The van der Waals surface area contributed by atoms with Crippen LogP contribution in [0.2, 0.25) is 0 Å². The Morgan fingerprint density at radius 2 is 1.69 bits per heavy atom. The van der Waals surface area contributed by atoms with Crippen LogP contribution in [0.25, 0.3) is 0 Å². The van der Waals surface area contributed by atoms with Crippen LogP contribution in [-0.2, 0) is 4.79 Å². The van der Waals surface area contributed by atoms with Crippen LogP contribution in [0.5, 0.6) is 0 Å². The predicted octanol–water partition coefficient (Wildman–Crippen LogP) is 0.783. The fourth-order valence-corrected chi connectivity index (χ4v) is 2.35. The third-order valence-corrected chi connectivity index (χ3v) is 3.63. The Hall–Kier alpha value is -0.610. The topological polar surface area (TPSA) is 52.6 Å². The van der Waals surface area contributed by atoms with Crippen molar-refractivity contribution >= 4 is 5.97 Å². The molecule has 16 heavy (non-hydrogen) atoms. The van der Waals surface area contributed by atoms with Crippen LogP contribution in [0.3, 0.4) is 0 Å². The molecule has 4 heteroatoms. The summed E-state index contributed by atoms with van der Waals surface area (Å²) >= 11 is 0. The fraction of sp³-hybridized carbons (Fsp3) is 0.917. The van der Waals surface area contributed by atoms with Crippen LogP contribution in [0, 0.1) is 11.8 Å². The van der Waals surface area contributed by atoms with E-state index in [-0.39, 0.29) is 6.54 Å². The normalized spacial score (nSPS) is 23.5. The van der Waals surface area contributed by atoms with E-state index in [1.54, 1.807) is 0 Å². The number of hydrogen-bond donors (Lipinski definition) is 2. The third-order valence-electron chi connectivity index (χ3n) is 3.63. The number of likely N-dealkylation sites (tertiary alicyclic amines) is 1. The molecule has 2 fully saturated rings.